The summed E-state index contributed by atoms with van der Waals surface area (Å²) in [5.41, 5.74) is 3.51. The van der Waals surface area contributed by atoms with Gasteiger partial charge in [0.2, 0.25) is 0 Å². The smallest absolute Gasteiger partial charge is 0.0464 e. The Morgan fingerprint density at radius 2 is 1.85 bits per heavy atom. The molecule has 0 aromatic heterocycles. The summed E-state index contributed by atoms with van der Waals surface area (Å²) in [6.45, 7) is 7.86. The second kappa shape index (κ2) is 4.30. The average Bonchev–Trinajstić information content (AvgIpc) is 1.98. The molecule has 0 aliphatic rings. The van der Waals surface area contributed by atoms with Crippen molar-refractivity contribution in [2.75, 3.05) is 0 Å². The Balaban J connectivity index is 3.06. The molecule has 0 saturated carbocycles. The van der Waals surface area contributed by atoms with Crippen molar-refractivity contribution in [3.8, 4) is 0 Å². The lowest BCUT2D eigenvalue weighted by Gasteiger charge is -2.06. The molecule has 0 aliphatic heterocycles. The van der Waals surface area contributed by atoms with Crippen molar-refractivity contribution in [2.24, 2.45) is 0 Å². The monoisotopic (exact) mass is 258 g/mol. The first-order valence-electron chi connectivity index (χ1n) is 4.09. The van der Waals surface area contributed by atoms with Crippen molar-refractivity contribution in [1.82, 2.24) is 0 Å². The van der Waals surface area contributed by atoms with Crippen molar-refractivity contribution in [1.29, 1.82) is 0 Å². The minimum atomic E-state index is 0.860. The summed E-state index contributed by atoms with van der Waals surface area (Å²) in [5.74, 6) is 0. The van der Waals surface area contributed by atoms with Crippen LogP contribution in [0, 0.1) is 13.8 Å². The van der Waals surface area contributed by atoms with Crippen LogP contribution in [-0.2, 0) is 6.42 Å². The summed E-state index contributed by atoms with van der Waals surface area (Å²) >= 11 is 9.40. The molecular formula is C11H12BrCl. The molecule has 1 rings (SSSR count). The van der Waals surface area contributed by atoms with Crippen LogP contribution in [0.15, 0.2) is 23.2 Å². The highest BCUT2D eigenvalue weighted by molar-refractivity contribution is 9.11. The van der Waals surface area contributed by atoms with Gasteiger partial charge < -0.3 is 0 Å². The standard InChI is InChI=1S/C11H12BrCl/c1-7-4-10(6-9(3)12)5-8(2)11(7)13/h4-5H,3,6H2,1-2H3. The van der Waals surface area contributed by atoms with E-state index in [4.69, 9.17) is 11.6 Å². The summed E-state index contributed by atoms with van der Waals surface area (Å²) in [5, 5.41) is 0.865. The zero-order chi connectivity index (χ0) is 10.0. The minimum Gasteiger partial charge on any atom is -0.0885 e. The quantitative estimate of drug-likeness (QED) is 0.738. The Bertz CT molecular complexity index is 319. The highest BCUT2D eigenvalue weighted by Crippen LogP contribution is 2.23. The van der Waals surface area contributed by atoms with Gasteiger partial charge in [-0.25, -0.2) is 0 Å². The fraction of sp³-hybridized carbons (Fsp3) is 0.273. The average molecular weight is 260 g/mol. The molecule has 0 fully saturated rings. The Morgan fingerprint density at radius 3 is 2.23 bits per heavy atom. The van der Waals surface area contributed by atoms with Crippen LogP contribution in [0.2, 0.25) is 5.02 Å². The van der Waals surface area contributed by atoms with Crippen LogP contribution >= 0.6 is 27.5 Å². The van der Waals surface area contributed by atoms with Crippen molar-refractivity contribution in [3.05, 3.63) is 44.9 Å². The predicted molar refractivity (Wildman–Crippen MR) is 62.7 cm³/mol. The summed E-state index contributed by atoms with van der Waals surface area (Å²) < 4.78 is 0.994. The van der Waals surface area contributed by atoms with E-state index in [1.807, 2.05) is 13.8 Å². The topological polar surface area (TPSA) is 0 Å². The van der Waals surface area contributed by atoms with Crippen LogP contribution in [0.3, 0.4) is 0 Å². The van der Waals surface area contributed by atoms with E-state index in [1.165, 1.54) is 5.56 Å². The molecule has 0 heterocycles. The summed E-state index contributed by atoms with van der Waals surface area (Å²) in [7, 11) is 0. The molecule has 0 unspecified atom stereocenters. The number of halogens is 2. The lowest BCUT2D eigenvalue weighted by Crippen LogP contribution is -1.89. The van der Waals surface area contributed by atoms with Crippen molar-refractivity contribution in [3.63, 3.8) is 0 Å². The molecule has 0 amide bonds. The van der Waals surface area contributed by atoms with E-state index < -0.39 is 0 Å². The summed E-state index contributed by atoms with van der Waals surface area (Å²) in [4.78, 5) is 0. The highest BCUT2D eigenvalue weighted by atomic mass is 79.9. The summed E-state index contributed by atoms with van der Waals surface area (Å²) in [6, 6.07) is 4.20. The second-order valence-electron chi connectivity index (χ2n) is 3.24. The fourth-order valence-electron chi connectivity index (χ4n) is 1.36. The van der Waals surface area contributed by atoms with Crippen molar-refractivity contribution >= 4 is 27.5 Å². The molecular weight excluding hydrogens is 247 g/mol. The Labute approximate surface area is 92.7 Å². The van der Waals surface area contributed by atoms with Crippen LogP contribution in [-0.4, -0.2) is 0 Å². The van der Waals surface area contributed by atoms with Gasteiger partial charge in [-0.1, -0.05) is 46.2 Å². The third-order valence-electron chi connectivity index (χ3n) is 1.89. The zero-order valence-corrected chi connectivity index (χ0v) is 10.2. The van der Waals surface area contributed by atoms with E-state index in [9.17, 15) is 0 Å². The Hall–Kier alpha value is -0.270. The van der Waals surface area contributed by atoms with Gasteiger partial charge in [0.15, 0.2) is 0 Å². The largest absolute Gasteiger partial charge is 0.0885 e. The normalized spacial score (nSPS) is 10.2. The molecule has 0 saturated heterocycles. The molecule has 2 heteroatoms. The van der Waals surface area contributed by atoms with E-state index in [2.05, 4.69) is 34.6 Å². The molecule has 1 aromatic carbocycles. The maximum atomic E-state index is 6.05. The SMILES string of the molecule is C=C(Br)Cc1cc(C)c(Cl)c(C)c1. The lowest BCUT2D eigenvalue weighted by atomic mass is 10.1. The van der Waals surface area contributed by atoms with Gasteiger partial charge in [-0.05, 0) is 35.0 Å². The molecule has 0 nitrogen and oxygen atoms in total. The van der Waals surface area contributed by atoms with Gasteiger partial charge in [0.1, 0.15) is 0 Å². The number of allylic oxidation sites excluding steroid dienone is 1. The van der Waals surface area contributed by atoms with Crippen LogP contribution in [0.4, 0.5) is 0 Å². The highest BCUT2D eigenvalue weighted by Gasteiger charge is 2.02. The van der Waals surface area contributed by atoms with Crippen LogP contribution in [0.5, 0.6) is 0 Å². The molecule has 0 radical (unpaired) electrons. The first-order valence-corrected chi connectivity index (χ1v) is 5.26. The summed E-state index contributed by atoms with van der Waals surface area (Å²) in [6.07, 6.45) is 0.860. The van der Waals surface area contributed by atoms with Gasteiger partial charge in [0.05, 0.1) is 0 Å². The molecule has 0 bridgehead atoms. The van der Waals surface area contributed by atoms with Gasteiger partial charge in [-0.2, -0.15) is 0 Å². The second-order valence-corrected chi connectivity index (χ2v) is 4.74. The molecule has 13 heavy (non-hydrogen) atoms. The maximum Gasteiger partial charge on any atom is 0.0464 e. The third kappa shape index (κ3) is 2.85. The fourth-order valence-corrected chi connectivity index (χ4v) is 1.79. The van der Waals surface area contributed by atoms with E-state index in [1.54, 1.807) is 0 Å². The predicted octanol–water partition coefficient (Wildman–Crippen LogP) is 4.41. The Kier molecular flexibility index (Phi) is 3.57. The molecule has 0 atom stereocenters. The molecule has 0 aliphatic carbocycles. The van der Waals surface area contributed by atoms with Gasteiger partial charge in [-0.3, -0.25) is 0 Å². The van der Waals surface area contributed by atoms with E-state index in [0.29, 0.717) is 0 Å². The first kappa shape index (κ1) is 10.8. The van der Waals surface area contributed by atoms with Crippen molar-refractivity contribution < 1.29 is 0 Å². The number of rotatable bonds is 2. The number of hydrogen-bond acceptors (Lipinski definition) is 0. The molecule has 1 aromatic rings. The number of aryl methyl sites for hydroxylation is 2. The van der Waals surface area contributed by atoms with Gasteiger partial charge >= 0.3 is 0 Å². The first-order chi connectivity index (χ1) is 6.00. The molecule has 70 valence electrons. The van der Waals surface area contributed by atoms with Crippen LogP contribution < -0.4 is 0 Å². The van der Waals surface area contributed by atoms with Gasteiger partial charge in [0, 0.05) is 11.4 Å². The lowest BCUT2D eigenvalue weighted by molar-refractivity contribution is 1.22. The van der Waals surface area contributed by atoms with E-state index in [0.717, 1.165) is 27.1 Å². The van der Waals surface area contributed by atoms with Crippen molar-refractivity contribution in [2.45, 2.75) is 20.3 Å². The van der Waals surface area contributed by atoms with Gasteiger partial charge in [0.25, 0.3) is 0 Å². The third-order valence-corrected chi connectivity index (χ3v) is 2.77. The van der Waals surface area contributed by atoms with E-state index >= 15 is 0 Å². The molecule has 0 N–H and O–H groups in total. The van der Waals surface area contributed by atoms with Crippen LogP contribution in [0.1, 0.15) is 16.7 Å². The zero-order valence-electron chi connectivity index (χ0n) is 7.82. The van der Waals surface area contributed by atoms with Gasteiger partial charge in [-0.15, -0.1) is 0 Å². The molecule has 0 spiro atoms. The number of benzene rings is 1. The Morgan fingerprint density at radius 1 is 1.38 bits per heavy atom. The van der Waals surface area contributed by atoms with E-state index in [-0.39, 0.29) is 0 Å². The minimum absolute atomic E-state index is 0.860. The maximum absolute atomic E-state index is 6.05. The van der Waals surface area contributed by atoms with Crippen LogP contribution in [0.25, 0.3) is 0 Å². The number of hydrogen-bond donors (Lipinski definition) is 0.